The lowest BCUT2D eigenvalue weighted by atomic mass is 10.0. The second kappa shape index (κ2) is 29.0. The summed E-state index contributed by atoms with van der Waals surface area (Å²) in [5.41, 5.74) is 0. The summed E-state index contributed by atoms with van der Waals surface area (Å²) in [6, 6.07) is 0. The van der Waals surface area contributed by atoms with E-state index in [4.69, 9.17) is 13.6 Å². The van der Waals surface area contributed by atoms with E-state index in [0.717, 1.165) is 71.6 Å². The second-order valence-corrected chi connectivity index (χ2v) is 29.7. The summed E-state index contributed by atoms with van der Waals surface area (Å²) in [6.45, 7) is 36.6. The van der Waals surface area contributed by atoms with Crippen LogP contribution in [0.2, 0.25) is 36.3 Å². The Morgan fingerprint density at radius 2 is 1.04 bits per heavy atom. The molecule has 1 heterocycles. The highest BCUT2D eigenvalue weighted by Gasteiger charge is 2.41. The van der Waals surface area contributed by atoms with Gasteiger partial charge in [-0.05, 0) is 62.1 Å². The number of hydrogen-bond acceptors (Lipinski definition) is 7. The van der Waals surface area contributed by atoms with Crippen molar-refractivity contribution < 1.29 is 18.4 Å². The average Bonchev–Trinajstić information content (AvgIpc) is 3.09. The third kappa shape index (κ3) is 25.1. The zero-order valence-electron chi connectivity index (χ0n) is 39.2. The van der Waals surface area contributed by atoms with Crippen LogP contribution in [0.4, 0.5) is 0 Å². The summed E-state index contributed by atoms with van der Waals surface area (Å²) in [5, 5.41) is 3.72. The van der Waals surface area contributed by atoms with Gasteiger partial charge in [-0.25, -0.2) is 0 Å². The van der Waals surface area contributed by atoms with Crippen molar-refractivity contribution in [1.29, 1.82) is 0 Å². The van der Waals surface area contributed by atoms with Gasteiger partial charge in [-0.1, -0.05) is 158 Å². The lowest BCUT2D eigenvalue weighted by Crippen LogP contribution is -2.50. The number of nitrogens with zero attached hydrogens (tertiary/aromatic N) is 2. The molecule has 55 heavy (non-hydrogen) atoms. The maximum Gasteiger partial charge on any atom is 0.305 e. The quantitative estimate of drug-likeness (QED) is 0.0402. The number of nitrogens with one attached hydrogen (secondary N) is 1. The fourth-order valence-corrected chi connectivity index (χ4v) is 9.91. The van der Waals surface area contributed by atoms with Crippen LogP contribution in [-0.2, 0) is 18.4 Å². The number of ether oxygens (including phenoxy) is 1. The molecule has 2 atom stereocenters. The molecule has 0 bridgehead atoms. The van der Waals surface area contributed by atoms with Gasteiger partial charge < -0.3 is 18.9 Å². The van der Waals surface area contributed by atoms with Crippen LogP contribution in [-0.4, -0.2) is 104 Å². The number of rotatable bonds is 33. The van der Waals surface area contributed by atoms with E-state index in [9.17, 15) is 4.79 Å². The number of esters is 1. The van der Waals surface area contributed by atoms with Crippen LogP contribution in [0.15, 0.2) is 0 Å². The number of unbranched alkanes of at least 4 members (excludes halogenated alkanes) is 14. The van der Waals surface area contributed by atoms with Crippen molar-refractivity contribution in [3.05, 3.63) is 0 Å². The summed E-state index contributed by atoms with van der Waals surface area (Å²) in [7, 11) is -3.96. The molecule has 0 radical (unpaired) electrons. The summed E-state index contributed by atoms with van der Waals surface area (Å²) < 4.78 is 20.3. The molecule has 328 valence electrons. The summed E-state index contributed by atoms with van der Waals surface area (Å²) >= 11 is 0. The Morgan fingerprint density at radius 1 is 0.636 bits per heavy atom. The van der Waals surface area contributed by atoms with Crippen LogP contribution in [0.1, 0.15) is 184 Å². The Balaban J connectivity index is 3.12. The summed E-state index contributed by atoms with van der Waals surface area (Å²) in [5.74, 6) is -0.0592. The highest BCUT2D eigenvalue weighted by atomic mass is 28.4. The van der Waals surface area contributed by atoms with E-state index >= 15 is 0 Å². The molecule has 9 heteroatoms. The Morgan fingerprint density at radius 3 is 1.44 bits per heavy atom. The molecule has 0 spiro atoms. The largest absolute Gasteiger partial charge is 0.464 e. The number of hydrogen-bond donors (Lipinski definition) is 1. The second-order valence-electron chi connectivity index (χ2n) is 20.2. The molecule has 7 nitrogen and oxygen atoms in total. The summed E-state index contributed by atoms with van der Waals surface area (Å²) in [4.78, 5) is 18.0. The van der Waals surface area contributed by atoms with Gasteiger partial charge in [0.2, 0.25) is 0 Å². The van der Waals surface area contributed by atoms with Crippen LogP contribution in [0.25, 0.3) is 0 Å². The third-order valence-electron chi connectivity index (χ3n) is 13.0. The molecule has 1 rings (SSSR count). The Hall–Kier alpha value is -0.296. The predicted molar refractivity (Wildman–Crippen MR) is 245 cm³/mol. The predicted octanol–water partition coefficient (Wildman–Crippen LogP) is 12.4. The zero-order chi connectivity index (χ0) is 41.2. The molecule has 0 aliphatic carbocycles. The minimum Gasteiger partial charge on any atom is -0.464 e. The fraction of sp³-hybridized carbons (Fsp3) is 0.978. The standard InChI is InChI=1S/C46H97N3O4Si2/c1-13-15-17-19-21-23-25-27-30-42(52-54(9,10)45(3,4)5)40-49(35-29-32-44(50)51-39-38-48-36-33-47-34-37-48)41-43(53-55(11,12)46(6,7)8)31-28-26-24-22-20-18-16-14-2/h42-43,47H,13-41H2,1-12H3. The van der Waals surface area contributed by atoms with E-state index in [1.54, 1.807) is 0 Å². The Bertz CT molecular complexity index is 892. The molecular weight excluding hydrogens is 715 g/mol. The van der Waals surface area contributed by atoms with Gasteiger partial charge in [0.25, 0.3) is 0 Å². The highest BCUT2D eigenvalue weighted by molar-refractivity contribution is 6.74. The van der Waals surface area contributed by atoms with E-state index in [1.165, 1.54) is 103 Å². The minimum absolute atomic E-state index is 0.0592. The third-order valence-corrected chi connectivity index (χ3v) is 22.0. The zero-order valence-corrected chi connectivity index (χ0v) is 41.2. The van der Waals surface area contributed by atoms with Gasteiger partial charge >= 0.3 is 5.97 Å². The molecule has 0 aromatic rings. The van der Waals surface area contributed by atoms with Crippen LogP contribution >= 0.6 is 0 Å². The van der Waals surface area contributed by atoms with Crippen LogP contribution < -0.4 is 5.32 Å². The smallest absolute Gasteiger partial charge is 0.305 e. The topological polar surface area (TPSA) is 63.3 Å². The molecule has 1 fully saturated rings. The lowest BCUT2D eigenvalue weighted by Gasteiger charge is -2.42. The van der Waals surface area contributed by atoms with Crippen LogP contribution in [0, 0.1) is 0 Å². The molecule has 0 aromatic heterocycles. The van der Waals surface area contributed by atoms with Gasteiger partial charge in [0.1, 0.15) is 6.61 Å². The van der Waals surface area contributed by atoms with Crippen molar-refractivity contribution in [3.8, 4) is 0 Å². The van der Waals surface area contributed by atoms with Crippen molar-refractivity contribution in [3.63, 3.8) is 0 Å². The molecule has 1 saturated heterocycles. The number of carbonyl (C=O) groups is 1. The van der Waals surface area contributed by atoms with E-state index in [1.807, 2.05) is 0 Å². The van der Waals surface area contributed by atoms with E-state index in [-0.39, 0.29) is 28.3 Å². The van der Waals surface area contributed by atoms with Gasteiger partial charge in [-0.2, -0.15) is 0 Å². The first-order valence-corrected chi connectivity index (χ1v) is 29.4. The Kier molecular flexibility index (Phi) is 27.8. The van der Waals surface area contributed by atoms with Gasteiger partial charge in [-0.3, -0.25) is 14.6 Å². The van der Waals surface area contributed by atoms with Gasteiger partial charge in [0.15, 0.2) is 16.6 Å². The summed E-state index contributed by atoms with van der Waals surface area (Å²) in [6.07, 6.45) is 25.1. The Labute approximate surface area is 346 Å². The maximum atomic E-state index is 13.0. The number of carbonyl (C=O) groups excluding carboxylic acids is 1. The van der Waals surface area contributed by atoms with E-state index < -0.39 is 16.6 Å². The van der Waals surface area contributed by atoms with Crippen molar-refractivity contribution in [2.24, 2.45) is 0 Å². The van der Waals surface area contributed by atoms with E-state index in [2.05, 4.69) is 96.7 Å². The minimum atomic E-state index is -1.98. The van der Waals surface area contributed by atoms with Gasteiger partial charge in [0.05, 0.1) is 12.2 Å². The first-order chi connectivity index (χ1) is 25.9. The van der Waals surface area contributed by atoms with Crippen molar-refractivity contribution in [1.82, 2.24) is 15.1 Å². The van der Waals surface area contributed by atoms with Gasteiger partial charge in [-0.15, -0.1) is 0 Å². The average molecular weight is 812 g/mol. The highest BCUT2D eigenvalue weighted by Crippen LogP contribution is 2.39. The fourth-order valence-electron chi connectivity index (χ4n) is 7.15. The molecule has 2 unspecified atom stereocenters. The van der Waals surface area contributed by atoms with Crippen molar-refractivity contribution >= 4 is 22.6 Å². The van der Waals surface area contributed by atoms with Crippen molar-refractivity contribution in [2.75, 3.05) is 59.0 Å². The normalized spacial score (nSPS) is 16.2. The number of piperazine rings is 1. The molecule has 0 saturated carbocycles. The molecular formula is C46H97N3O4Si2. The molecule has 0 aromatic carbocycles. The molecule has 0 amide bonds. The van der Waals surface area contributed by atoms with Crippen LogP contribution in [0.5, 0.6) is 0 Å². The lowest BCUT2D eigenvalue weighted by molar-refractivity contribution is -0.144. The molecule has 1 aliphatic rings. The van der Waals surface area contributed by atoms with Gasteiger partial charge in [0, 0.05) is 52.2 Å². The first kappa shape index (κ1) is 52.7. The van der Waals surface area contributed by atoms with E-state index in [0.29, 0.717) is 13.0 Å². The van der Waals surface area contributed by atoms with Crippen molar-refractivity contribution in [2.45, 2.75) is 232 Å². The molecule has 1 aliphatic heterocycles. The first-order valence-electron chi connectivity index (χ1n) is 23.6. The van der Waals surface area contributed by atoms with Crippen LogP contribution in [0.3, 0.4) is 0 Å². The maximum absolute atomic E-state index is 13.0. The monoisotopic (exact) mass is 812 g/mol. The molecule has 1 N–H and O–H groups in total. The SMILES string of the molecule is CCCCCCCCCCC(CN(CCCC(=O)OCCN1CCNCC1)CC(CCCCCCCCCC)O[Si](C)(C)C(C)(C)C)O[Si](C)(C)C(C)(C)C.